The van der Waals surface area contributed by atoms with E-state index in [1.54, 1.807) is 55.1 Å². The lowest BCUT2D eigenvalue weighted by Crippen LogP contribution is -2.17. The minimum atomic E-state index is -0.305. The number of aromatic nitrogens is 4. The first-order valence-corrected chi connectivity index (χ1v) is 15.0. The van der Waals surface area contributed by atoms with Crippen LogP contribution in [0.4, 0.5) is 33.3 Å². The van der Waals surface area contributed by atoms with Crippen LogP contribution in [0, 0.1) is 5.82 Å². The standard InChI is InChI=1S/C20H20N4O2.C16H12FN3O/c25-17-7-3-5-15(11-17)23-20-21-13-19(14-22-20)26-18-8-4-6-16(12-18)24-9-1-2-10-24;17-12-6-8-14(9-7-12)21-15-10-18-16(19-11-15)20-13-4-2-1-3-5-13/h3-8,11-14,25H,1-2,9-10H2,(H,21,22,23);1-11H,(H,18,19,20). The summed E-state index contributed by atoms with van der Waals surface area (Å²) in [6.45, 7) is 2.20. The molecule has 0 saturated carbocycles. The van der Waals surface area contributed by atoms with E-state index in [0.29, 0.717) is 29.1 Å². The molecule has 2 aromatic heterocycles. The summed E-state index contributed by atoms with van der Waals surface area (Å²) in [5, 5.41) is 15.6. The number of hydrogen-bond acceptors (Lipinski definition) is 10. The smallest absolute Gasteiger partial charge is 0.227 e. The summed E-state index contributed by atoms with van der Waals surface area (Å²) in [5.74, 6) is 3.16. The Labute approximate surface area is 271 Å². The van der Waals surface area contributed by atoms with Crippen molar-refractivity contribution in [1.29, 1.82) is 0 Å². The van der Waals surface area contributed by atoms with Gasteiger partial charge in [-0.1, -0.05) is 30.3 Å². The number of nitrogens with one attached hydrogen (secondary N) is 2. The molecule has 11 heteroatoms. The largest absolute Gasteiger partial charge is 0.508 e. The van der Waals surface area contributed by atoms with Crippen molar-refractivity contribution in [3.63, 3.8) is 0 Å². The van der Waals surface area contributed by atoms with Crippen LogP contribution in [0.15, 0.2) is 128 Å². The van der Waals surface area contributed by atoms with Crippen LogP contribution in [0.2, 0.25) is 0 Å². The predicted molar refractivity (Wildman–Crippen MR) is 180 cm³/mol. The molecule has 47 heavy (non-hydrogen) atoms. The molecule has 3 N–H and O–H groups in total. The topological polar surface area (TPSA) is 118 Å². The summed E-state index contributed by atoms with van der Waals surface area (Å²) in [7, 11) is 0. The Bertz CT molecular complexity index is 1850. The number of halogens is 1. The van der Waals surface area contributed by atoms with Gasteiger partial charge >= 0.3 is 0 Å². The number of hydrogen-bond donors (Lipinski definition) is 3. The zero-order valence-electron chi connectivity index (χ0n) is 25.3. The van der Waals surface area contributed by atoms with Crippen molar-refractivity contribution in [2.75, 3.05) is 28.6 Å². The number of ether oxygens (including phenoxy) is 2. The number of nitrogens with zero attached hydrogens (tertiary/aromatic N) is 5. The Balaban J connectivity index is 0.000000168. The first-order valence-electron chi connectivity index (χ1n) is 15.0. The second-order valence-corrected chi connectivity index (χ2v) is 10.5. The lowest BCUT2D eigenvalue weighted by molar-refractivity contribution is 0.475. The minimum Gasteiger partial charge on any atom is -0.508 e. The first-order chi connectivity index (χ1) is 23.1. The van der Waals surface area contributed by atoms with E-state index >= 15 is 0 Å². The second-order valence-electron chi connectivity index (χ2n) is 10.5. The number of phenols is 1. The van der Waals surface area contributed by atoms with Crippen molar-refractivity contribution >= 4 is 29.0 Å². The van der Waals surface area contributed by atoms with Gasteiger partial charge in [-0.25, -0.2) is 24.3 Å². The van der Waals surface area contributed by atoms with Crippen LogP contribution in [0.1, 0.15) is 12.8 Å². The number of anilines is 5. The van der Waals surface area contributed by atoms with Gasteiger partial charge < -0.3 is 30.1 Å². The van der Waals surface area contributed by atoms with Gasteiger partial charge in [0.1, 0.15) is 23.1 Å². The average molecular weight is 630 g/mol. The van der Waals surface area contributed by atoms with Crippen LogP contribution in [0.25, 0.3) is 0 Å². The predicted octanol–water partition coefficient (Wildman–Crippen LogP) is 8.47. The Morgan fingerprint density at radius 3 is 1.79 bits per heavy atom. The van der Waals surface area contributed by atoms with Gasteiger partial charge in [0.25, 0.3) is 0 Å². The van der Waals surface area contributed by atoms with Crippen molar-refractivity contribution in [3.8, 4) is 28.7 Å². The maximum atomic E-state index is 12.8. The fraction of sp³-hybridized carbons (Fsp3) is 0.111. The molecule has 6 aromatic rings. The molecule has 0 atom stereocenters. The molecule has 236 valence electrons. The lowest BCUT2D eigenvalue weighted by atomic mass is 10.3. The molecule has 1 aliphatic heterocycles. The fourth-order valence-corrected chi connectivity index (χ4v) is 4.72. The van der Waals surface area contributed by atoms with Gasteiger partial charge in [0, 0.05) is 42.3 Å². The Kier molecular flexibility index (Phi) is 9.94. The molecule has 0 amide bonds. The minimum absolute atomic E-state index is 0.188. The van der Waals surface area contributed by atoms with Gasteiger partial charge in [0.15, 0.2) is 11.5 Å². The van der Waals surface area contributed by atoms with Gasteiger partial charge in [-0.05, 0) is 73.5 Å². The van der Waals surface area contributed by atoms with Crippen LogP contribution < -0.4 is 25.0 Å². The lowest BCUT2D eigenvalue weighted by Gasteiger charge is -2.18. The van der Waals surface area contributed by atoms with Gasteiger partial charge in [-0.3, -0.25) is 0 Å². The second kappa shape index (κ2) is 15.2. The third-order valence-electron chi connectivity index (χ3n) is 6.96. The van der Waals surface area contributed by atoms with Crippen molar-refractivity contribution in [1.82, 2.24) is 19.9 Å². The van der Waals surface area contributed by atoms with Crippen LogP contribution in [-0.4, -0.2) is 38.1 Å². The first kappa shape index (κ1) is 30.8. The maximum Gasteiger partial charge on any atom is 0.227 e. The molecule has 1 saturated heterocycles. The van der Waals surface area contributed by atoms with E-state index in [4.69, 9.17) is 9.47 Å². The van der Waals surface area contributed by atoms with E-state index < -0.39 is 0 Å². The quantitative estimate of drug-likeness (QED) is 0.144. The molecular formula is C36H32FN7O3. The molecule has 0 radical (unpaired) electrons. The monoisotopic (exact) mass is 629 g/mol. The maximum absolute atomic E-state index is 12.8. The number of para-hydroxylation sites is 1. The third kappa shape index (κ3) is 9.14. The van der Waals surface area contributed by atoms with E-state index in [-0.39, 0.29) is 11.6 Å². The fourth-order valence-electron chi connectivity index (χ4n) is 4.72. The van der Waals surface area contributed by atoms with Gasteiger partial charge in [-0.2, -0.15) is 0 Å². The molecule has 0 spiro atoms. The van der Waals surface area contributed by atoms with E-state index in [2.05, 4.69) is 41.5 Å². The average Bonchev–Trinajstić information content (AvgIpc) is 3.64. The van der Waals surface area contributed by atoms with Crippen molar-refractivity contribution in [2.45, 2.75) is 12.8 Å². The van der Waals surface area contributed by atoms with Gasteiger partial charge in [0.2, 0.25) is 11.9 Å². The van der Waals surface area contributed by atoms with Crippen molar-refractivity contribution < 1.29 is 19.0 Å². The molecule has 4 aromatic carbocycles. The van der Waals surface area contributed by atoms with E-state index in [1.165, 1.54) is 30.7 Å². The van der Waals surface area contributed by atoms with E-state index in [1.807, 2.05) is 54.6 Å². The van der Waals surface area contributed by atoms with E-state index in [9.17, 15) is 9.50 Å². The molecule has 7 rings (SSSR count). The van der Waals surface area contributed by atoms with Crippen molar-refractivity contribution in [2.24, 2.45) is 0 Å². The summed E-state index contributed by atoms with van der Waals surface area (Å²) in [6, 6.07) is 30.3. The normalized spacial score (nSPS) is 12.1. The SMILES string of the molecule is Fc1ccc(Oc2cnc(Nc3ccccc3)nc2)cc1.Oc1cccc(Nc2ncc(Oc3cccc(N4CCCC4)c3)cn2)c1. The summed E-state index contributed by atoms with van der Waals surface area (Å²) in [4.78, 5) is 19.2. The molecule has 0 aliphatic carbocycles. The third-order valence-corrected chi connectivity index (χ3v) is 6.96. The summed E-state index contributed by atoms with van der Waals surface area (Å²) in [6.07, 6.45) is 8.85. The van der Waals surface area contributed by atoms with E-state index in [0.717, 1.165) is 30.2 Å². The molecular weight excluding hydrogens is 597 g/mol. The molecule has 1 fully saturated rings. The molecule has 1 aliphatic rings. The molecule has 0 unspecified atom stereocenters. The zero-order chi connectivity index (χ0) is 32.3. The zero-order valence-corrected chi connectivity index (χ0v) is 25.3. The van der Waals surface area contributed by atoms with Crippen LogP contribution in [0.3, 0.4) is 0 Å². The molecule has 0 bridgehead atoms. The highest BCUT2D eigenvalue weighted by Gasteiger charge is 2.13. The highest BCUT2D eigenvalue weighted by Crippen LogP contribution is 2.28. The van der Waals surface area contributed by atoms with Crippen molar-refractivity contribution in [3.05, 3.63) is 134 Å². The van der Waals surface area contributed by atoms with Gasteiger partial charge in [0.05, 0.1) is 24.8 Å². The number of aromatic hydroxyl groups is 1. The molecule has 3 heterocycles. The number of phenolic OH excluding ortho intramolecular Hbond substituents is 1. The summed E-state index contributed by atoms with van der Waals surface area (Å²) >= 11 is 0. The Hall–Kier alpha value is -6.23. The summed E-state index contributed by atoms with van der Waals surface area (Å²) in [5.41, 5.74) is 2.81. The highest BCUT2D eigenvalue weighted by atomic mass is 19.1. The number of rotatable bonds is 9. The van der Waals surface area contributed by atoms with Crippen LogP contribution >= 0.6 is 0 Å². The Morgan fingerprint density at radius 2 is 1.15 bits per heavy atom. The molecule has 10 nitrogen and oxygen atoms in total. The highest BCUT2D eigenvalue weighted by molar-refractivity contribution is 5.56. The van der Waals surface area contributed by atoms with Crippen LogP contribution in [0.5, 0.6) is 28.7 Å². The number of benzene rings is 4. The summed E-state index contributed by atoms with van der Waals surface area (Å²) < 4.78 is 24.2. The Morgan fingerprint density at radius 1 is 0.574 bits per heavy atom. The van der Waals surface area contributed by atoms with Crippen LogP contribution in [-0.2, 0) is 0 Å². The van der Waals surface area contributed by atoms with Gasteiger partial charge in [-0.15, -0.1) is 0 Å².